The van der Waals surface area contributed by atoms with Gasteiger partial charge in [0.1, 0.15) is 0 Å². The largest absolute Gasteiger partial charge is 0.368 e. The Morgan fingerprint density at radius 3 is 2.88 bits per heavy atom. The lowest BCUT2D eigenvalue weighted by Gasteiger charge is -2.32. The third-order valence-corrected chi connectivity index (χ3v) is 3.72. The van der Waals surface area contributed by atoms with Gasteiger partial charge in [-0.2, -0.15) is 0 Å². The minimum Gasteiger partial charge on any atom is -0.368 e. The van der Waals surface area contributed by atoms with Crippen molar-refractivity contribution in [3.8, 4) is 0 Å². The molecular formula is C15H21NO. The first-order valence-corrected chi connectivity index (χ1v) is 6.67. The highest BCUT2D eigenvalue weighted by atomic mass is 16.1. The Hall–Kier alpha value is -1.31. The molecule has 0 bridgehead atoms. The number of hydrogen-bond donors (Lipinski definition) is 0. The highest BCUT2D eigenvalue weighted by molar-refractivity contribution is 5.84. The zero-order valence-corrected chi connectivity index (χ0v) is 10.6. The van der Waals surface area contributed by atoms with E-state index in [-0.39, 0.29) is 0 Å². The van der Waals surface area contributed by atoms with Crippen molar-refractivity contribution in [1.82, 2.24) is 0 Å². The number of nitrogens with zero attached hydrogens (tertiary/aromatic N) is 1. The maximum absolute atomic E-state index is 11.1. The third kappa shape index (κ3) is 2.68. The molecule has 0 aromatic heterocycles. The second kappa shape index (κ2) is 5.85. The number of rotatable bonds is 3. The molecule has 1 aromatic rings. The molecule has 92 valence electrons. The van der Waals surface area contributed by atoms with E-state index in [1.165, 1.54) is 25.7 Å². The molecule has 17 heavy (non-hydrogen) atoms. The predicted octanol–water partition coefficient (Wildman–Crippen LogP) is 3.66. The van der Waals surface area contributed by atoms with Crippen LogP contribution >= 0.6 is 0 Å². The summed E-state index contributed by atoms with van der Waals surface area (Å²) in [6.07, 6.45) is 7.27. The fourth-order valence-corrected chi connectivity index (χ4v) is 2.77. The SMILES string of the molecule is CCC1CCCCCN1c1ccccc1C=O. The molecule has 0 saturated carbocycles. The van der Waals surface area contributed by atoms with Crippen LogP contribution in [0.3, 0.4) is 0 Å². The summed E-state index contributed by atoms with van der Waals surface area (Å²) in [5.74, 6) is 0. The summed E-state index contributed by atoms with van der Waals surface area (Å²) in [4.78, 5) is 13.6. The Balaban J connectivity index is 2.31. The molecular weight excluding hydrogens is 210 g/mol. The first-order chi connectivity index (χ1) is 8.36. The van der Waals surface area contributed by atoms with Gasteiger partial charge in [-0.25, -0.2) is 0 Å². The first kappa shape index (κ1) is 12.2. The zero-order valence-electron chi connectivity index (χ0n) is 10.6. The molecule has 0 amide bonds. The van der Waals surface area contributed by atoms with Gasteiger partial charge in [0.2, 0.25) is 0 Å². The maximum Gasteiger partial charge on any atom is 0.152 e. The van der Waals surface area contributed by atoms with Gasteiger partial charge in [0.05, 0.1) is 0 Å². The fraction of sp³-hybridized carbons (Fsp3) is 0.533. The van der Waals surface area contributed by atoms with Crippen LogP contribution in [0.15, 0.2) is 24.3 Å². The van der Waals surface area contributed by atoms with Gasteiger partial charge in [-0.05, 0) is 31.4 Å². The van der Waals surface area contributed by atoms with Crippen molar-refractivity contribution in [2.45, 2.75) is 45.1 Å². The zero-order chi connectivity index (χ0) is 12.1. The third-order valence-electron chi connectivity index (χ3n) is 3.72. The molecule has 0 aliphatic carbocycles. The molecule has 1 fully saturated rings. The smallest absolute Gasteiger partial charge is 0.152 e. The lowest BCUT2D eigenvalue weighted by atomic mass is 10.1. The van der Waals surface area contributed by atoms with Gasteiger partial charge in [0.15, 0.2) is 6.29 Å². The maximum atomic E-state index is 11.1. The summed E-state index contributed by atoms with van der Waals surface area (Å²) >= 11 is 0. The average Bonchev–Trinajstić information content (AvgIpc) is 2.63. The van der Waals surface area contributed by atoms with E-state index in [4.69, 9.17) is 0 Å². The highest BCUT2D eigenvalue weighted by Gasteiger charge is 2.21. The summed E-state index contributed by atoms with van der Waals surface area (Å²) in [7, 11) is 0. The number of anilines is 1. The van der Waals surface area contributed by atoms with Crippen LogP contribution in [-0.2, 0) is 0 Å². The second-order valence-electron chi connectivity index (χ2n) is 4.78. The lowest BCUT2D eigenvalue weighted by molar-refractivity contribution is 0.112. The average molecular weight is 231 g/mol. The molecule has 0 radical (unpaired) electrons. The van der Waals surface area contributed by atoms with E-state index in [1.807, 2.05) is 18.2 Å². The van der Waals surface area contributed by atoms with Crippen molar-refractivity contribution in [3.05, 3.63) is 29.8 Å². The summed E-state index contributed by atoms with van der Waals surface area (Å²) in [6, 6.07) is 8.56. The van der Waals surface area contributed by atoms with Crippen molar-refractivity contribution < 1.29 is 4.79 Å². The molecule has 2 nitrogen and oxygen atoms in total. The van der Waals surface area contributed by atoms with Gasteiger partial charge in [0.25, 0.3) is 0 Å². The number of carbonyl (C=O) groups excluding carboxylic acids is 1. The molecule has 1 aromatic carbocycles. The molecule has 0 spiro atoms. The normalized spacial score (nSPS) is 21.0. The number of carbonyl (C=O) groups is 1. The first-order valence-electron chi connectivity index (χ1n) is 6.67. The van der Waals surface area contributed by atoms with E-state index in [0.717, 1.165) is 30.5 Å². The van der Waals surface area contributed by atoms with E-state index in [2.05, 4.69) is 17.9 Å². The van der Waals surface area contributed by atoms with E-state index in [1.54, 1.807) is 0 Å². The van der Waals surface area contributed by atoms with Crippen molar-refractivity contribution in [3.63, 3.8) is 0 Å². The van der Waals surface area contributed by atoms with Gasteiger partial charge in [-0.1, -0.05) is 31.9 Å². The van der Waals surface area contributed by atoms with Gasteiger partial charge < -0.3 is 4.90 Å². The minimum atomic E-state index is 0.596. The van der Waals surface area contributed by atoms with Crippen LogP contribution in [0.25, 0.3) is 0 Å². The topological polar surface area (TPSA) is 20.3 Å². The number of hydrogen-bond acceptors (Lipinski definition) is 2. The molecule has 1 unspecified atom stereocenters. The molecule has 0 N–H and O–H groups in total. The standard InChI is InChI=1S/C15H21NO/c1-2-14-9-4-3-7-11-16(14)15-10-6-5-8-13(15)12-17/h5-6,8,10,12,14H,2-4,7,9,11H2,1H3. The number of aldehydes is 1. The van der Waals surface area contributed by atoms with Gasteiger partial charge in [-0.3, -0.25) is 4.79 Å². The van der Waals surface area contributed by atoms with Crippen molar-refractivity contribution in [1.29, 1.82) is 0 Å². The Bertz CT molecular complexity index is 375. The van der Waals surface area contributed by atoms with Crippen molar-refractivity contribution in [2.75, 3.05) is 11.4 Å². The molecule has 2 heteroatoms. The van der Waals surface area contributed by atoms with Crippen molar-refractivity contribution in [2.24, 2.45) is 0 Å². The van der Waals surface area contributed by atoms with E-state index >= 15 is 0 Å². The lowest BCUT2D eigenvalue weighted by Crippen LogP contribution is -2.35. The van der Waals surface area contributed by atoms with Crippen molar-refractivity contribution >= 4 is 12.0 Å². The summed E-state index contributed by atoms with van der Waals surface area (Å²) in [5.41, 5.74) is 1.95. The second-order valence-corrected chi connectivity index (χ2v) is 4.78. The Labute approximate surface area is 104 Å². The predicted molar refractivity (Wildman–Crippen MR) is 71.7 cm³/mol. The summed E-state index contributed by atoms with van der Waals surface area (Å²) in [6.45, 7) is 3.33. The molecule has 1 atom stereocenters. The Morgan fingerprint density at radius 2 is 2.12 bits per heavy atom. The van der Waals surface area contributed by atoms with Crippen LogP contribution in [0.1, 0.15) is 49.4 Å². The van der Waals surface area contributed by atoms with E-state index < -0.39 is 0 Å². The van der Waals surface area contributed by atoms with Crippen LogP contribution in [-0.4, -0.2) is 18.9 Å². The van der Waals surface area contributed by atoms with Crippen LogP contribution in [0.5, 0.6) is 0 Å². The quantitative estimate of drug-likeness (QED) is 0.740. The number of benzene rings is 1. The van der Waals surface area contributed by atoms with E-state index in [0.29, 0.717) is 6.04 Å². The summed E-state index contributed by atoms with van der Waals surface area (Å²) in [5, 5.41) is 0. The van der Waals surface area contributed by atoms with Crippen LogP contribution in [0.4, 0.5) is 5.69 Å². The summed E-state index contributed by atoms with van der Waals surface area (Å²) < 4.78 is 0. The monoisotopic (exact) mass is 231 g/mol. The molecule has 1 aliphatic rings. The van der Waals surface area contributed by atoms with Gasteiger partial charge in [-0.15, -0.1) is 0 Å². The Morgan fingerprint density at radius 1 is 1.29 bits per heavy atom. The molecule has 1 saturated heterocycles. The fourth-order valence-electron chi connectivity index (χ4n) is 2.77. The van der Waals surface area contributed by atoms with Crippen LogP contribution in [0, 0.1) is 0 Å². The van der Waals surface area contributed by atoms with Crippen LogP contribution in [0.2, 0.25) is 0 Å². The van der Waals surface area contributed by atoms with Crippen LogP contribution < -0.4 is 4.90 Å². The van der Waals surface area contributed by atoms with Gasteiger partial charge in [0, 0.05) is 23.8 Å². The number of para-hydroxylation sites is 1. The minimum absolute atomic E-state index is 0.596. The van der Waals surface area contributed by atoms with Gasteiger partial charge >= 0.3 is 0 Å². The Kier molecular flexibility index (Phi) is 4.18. The molecule has 2 rings (SSSR count). The molecule has 1 aliphatic heterocycles. The van der Waals surface area contributed by atoms with E-state index in [9.17, 15) is 4.79 Å². The molecule has 1 heterocycles. The highest BCUT2D eigenvalue weighted by Crippen LogP contribution is 2.27.